The third-order valence-electron chi connectivity index (χ3n) is 2.93. The fourth-order valence-corrected chi connectivity index (χ4v) is 2.27. The number of aliphatic hydroxyl groups excluding tert-OH is 1. The van der Waals surface area contributed by atoms with Crippen LogP contribution in [0.4, 0.5) is 0 Å². The van der Waals surface area contributed by atoms with Crippen molar-refractivity contribution in [2.24, 2.45) is 11.3 Å². The van der Waals surface area contributed by atoms with Gasteiger partial charge >= 0.3 is 0 Å². The second kappa shape index (κ2) is 4.43. The molecule has 0 amide bonds. The molecular formula is C11H23NO. The van der Waals surface area contributed by atoms with E-state index >= 15 is 0 Å². The molecule has 78 valence electrons. The first-order chi connectivity index (χ1) is 6.07. The predicted octanol–water partition coefficient (Wildman–Crippen LogP) is 1.74. The smallest absolute Gasteiger partial charge is 0.0434 e. The number of nitrogens with zero attached hydrogens (tertiary/aromatic N) is 1. The summed E-state index contributed by atoms with van der Waals surface area (Å²) in [5.74, 6) is 0.695. The largest absolute Gasteiger partial charge is 0.396 e. The van der Waals surface area contributed by atoms with Gasteiger partial charge in [-0.1, -0.05) is 27.2 Å². The van der Waals surface area contributed by atoms with Crippen LogP contribution in [0, 0.1) is 11.3 Å². The van der Waals surface area contributed by atoms with Crippen LogP contribution >= 0.6 is 0 Å². The van der Waals surface area contributed by atoms with Crippen molar-refractivity contribution in [3.8, 4) is 0 Å². The molecule has 1 saturated heterocycles. The summed E-state index contributed by atoms with van der Waals surface area (Å²) < 4.78 is 0. The molecule has 1 N–H and O–H groups in total. The van der Waals surface area contributed by atoms with Crippen LogP contribution in [0.1, 0.15) is 33.6 Å². The number of rotatable bonds is 5. The average molecular weight is 185 g/mol. The maximum absolute atomic E-state index is 8.86. The molecule has 1 rings (SSSR count). The van der Waals surface area contributed by atoms with Crippen molar-refractivity contribution in [1.82, 2.24) is 4.90 Å². The maximum Gasteiger partial charge on any atom is 0.0434 e. The van der Waals surface area contributed by atoms with Gasteiger partial charge in [0.1, 0.15) is 0 Å². The quantitative estimate of drug-likeness (QED) is 0.705. The highest BCUT2D eigenvalue weighted by molar-refractivity contribution is 4.88. The van der Waals surface area contributed by atoms with Gasteiger partial charge in [-0.05, 0) is 17.8 Å². The lowest BCUT2D eigenvalue weighted by Crippen LogP contribution is -2.54. The lowest BCUT2D eigenvalue weighted by atomic mass is 9.83. The Kier molecular flexibility index (Phi) is 3.74. The highest BCUT2D eigenvalue weighted by Crippen LogP contribution is 2.29. The molecule has 2 nitrogen and oxygen atoms in total. The molecule has 0 aliphatic carbocycles. The minimum Gasteiger partial charge on any atom is -0.396 e. The van der Waals surface area contributed by atoms with Crippen LogP contribution in [0.5, 0.6) is 0 Å². The van der Waals surface area contributed by atoms with Crippen LogP contribution in [0.15, 0.2) is 0 Å². The average Bonchev–Trinajstić information content (AvgIpc) is 2.00. The van der Waals surface area contributed by atoms with Gasteiger partial charge in [-0.3, -0.25) is 0 Å². The summed E-state index contributed by atoms with van der Waals surface area (Å²) in [6, 6.07) is 0. The summed E-state index contributed by atoms with van der Waals surface area (Å²) in [7, 11) is 0. The molecular weight excluding hydrogens is 162 g/mol. The Hall–Kier alpha value is -0.0800. The fourth-order valence-electron chi connectivity index (χ4n) is 2.27. The van der Waals surface area contributed by atoms with E-state index in [9.17, 15) is 0 Å². The van der Waals surface area contributed by atoms with Crippen molar-refractivity contribution in [2.75, 3.05) is 26.2 Å². The molecule has 0 spiro atoms. The maximum atomic E-state index is 8.86. The monoisotopic (exact) mass is 185 g/mol. The molecule has 2 heteroatoms. The number of hydrogen-bond acceptors (Lipinski definition) is 2. The van der Waals surface area contributed by atoms with Crippen LogP contribution in [-0.4, -0.2) is 36.2 Å². The molecule has 0 aromatic carbocycles. The van der Waals surface area contributed by atoms with Crippen LogP contribution in [-0.2, 0) is 0 Å². The van der Waals surface area contributed by atoms with Gasteiger partial charge in [0, 0.05) is 26.2 Å². The highest BCUT2D eigenvalue weighted by Gasteiger charge is 2.34. The molecule has 13 heavy (non-hydrogen) atoms. The lowest BCUT2D eigenvalue weighted by molar-refractivity contribution is 0.0147. The Morgan fingerprint density at radius 3 is 2.38 bits per heavy atom. The van der Waals surface area contributed by atoms with Gasteiger partial charge in [0.2, 0.25) is 0 Å². The van der Waals surface area contributed by atoms with E-state index in [0.717, 1.165) is 6.42 Å². The van der Waals surface area contributed by atoms with Crippen molar-refractivity contribution in [2.45, 2.75) is 33.6 Å². The zero-order valence-electron chi connectivity index (χ0n) is 9.21. The van der Waals surface area contributed by atoms with Gasteiger partial charge in [0.25, 0.3) is 0 Å². The van der Waals surface area contributed by atoms with E-state index in [4.69, 9.17) is 5.11 Å². The van der Waals surface area contributed by atoms with E-state index in [1.165, 1.54) is 26.1 Å². The zero-order valence-corrected chi connectivity index (χ0v) is 9.21. The summed E-state index contributed by atoms with van der Waals surface area (Å²) >= 11 is 0. The van der Waals surface area contributed by atoms with Crippen LogP contribution in [0.2, 0.25) is 0 Å². The van der Waals surface area contributed by atoms with Gasteiger partial charge < -0.3 is 10.0 Å². The molecule has 1 aliphatic heterocycles. The zero-order chi connectivity index (χ0) is 9.90. The second-order valence-corrected chi connectivity index (χ2v) is 5.12. The molecule has 0 radical (unpaired) electrons. The third-order valence-corrected chi connectivity index (χ3v) is 2.93. The van der Waals surface area contributed by atoms with Gasteiger partial charge in [-0.15, -0.1) is 0 Å². The third kappa shape index (κ3) is 3.28. The second-order valence-electron chi connectivity index (χ2n) is 5.12. The van der Waals surface area contributed by atoms with Gasteiger partial charge in [0.15, 0.2) is 0 Å². The number of hydrogen-bond donors (Lipinski definition) is 1. The van der Waals surface area contributed by atoms with Gasteiger partial charge in [-0.2, -0.15) is 0 Å². The number of likely N-dealkylation sites (tertiary alicyclic amines) is 1. The first kappa shape index (κ1) is 11.0. The SMILES string of the molecule is CCC(CCO)CN1CC(C)(C)C1. The minimum absolute atomic E-state index is 0.343. The van der Waals surface area contributed by atoms with Crippen LogP contribution < -0.4 is 0 Å². The summed E-state index contributed by atoms with van der Waals surface area (Å²) in [6.45, 7) is 10.8. The molecule has 1 atom stereocenters. The first-order valence-corrected chi connectivity index (χ1v) is 5.40. The molecule has 0 saturated carbocycles. The Morgan fingerprint density at radius 1 is 1.38 bits per heavy atom. The van der Waals surface area contributed by atoms with Crippen molar-refractivity contribution in [3.63, 3.8) is 0 Å². The Morgan fingerprint density at radius 2 is 2.00 bits per heavy atom. The lowest BCUT2D eigenvalue weighted by Gasteiger charge is -2.47. The topological polar surface area (TPSA) is 23.5 Å². The van der Waals surface area contributed by atoms with Crippen molar-refractivity contribution >= 4 is 0 Å². The Bertz CT molecular complexity index is 148. The van der Waals surface area contributed by atoms with Crippen molar-refractivity contribution in [1.29, 1.82) is 0 Å². The highest BCUT2D eigenvalue weighted by atomic mass is 16.3. The van der Waals surface area contributed by atoms with E-state index in [0.29, 0.717) is 17.9 Å². The molecule has 1 unspecified atom stereocenters. The molecule has 1 aliphatic rings. The molecule has 0 bridgehead atoms. The predicted molar refractivity (Wildman–Crippen MR) is 55.7 cm³/mol. The summed E-state index contributed by atoms with van der Waals surface area (Å²) in [5, 5.41) is 8.86. The Balaban J connectivity index is 2.17. The molecule has 1 fully saturated rings. The van der Waals surface area contributed by atoms with E-state index in [2.05, 4.69) is 25.7 Å². The summed E-state index contributed by atoms with van der Waals surface area (Å²) in [5.41, 5.74) is 0.539. The molecule has 0 aromatic heterocycles. The molecule has 0 aromatic rings. The normalized spacial score (nSPS) is 24.0. The molecule has 1 heterocycles. The van der Waals surface area contributed by atoms with Crippen molar-refractivity contribution in [3.05, 3.63) is 0 Å². The van der Waals surface area contributed by atoms with Gasteiger partial charge in [-0.25, -0.2) is 0 Å². The van der Waals surface area contributed by atoms with E-state index in [-0.39, 0.29) is 0 Å². The van der Waals surface area contributed by atoms with E-state index in [1.54, 1.807) is 0 Å². The number of aliphatic hydroxyl groups is 1. The summed E-state index contributed by atoms with van der Waals surface area (Å²) in [6.07, 6.45) is 2.16. The van der Waals surface area contributed by atoms with E-state index in [1.807, 2.05) is 0 Å². The first-order valence-electron chi connectivity index (χ1n) is 5.40. The summed E-state index contributed by atoms with van der Waals surface area (Å²) in [4.78, 5) is 2.50. The minimum atomic E-state index is 0.343. The van der Waals surface area contributed by atoms with Crippen LogP contribution in [0.25, 0.3) is 0 Å². The van der Waals surface area contributed by atoms with Gasteiger partial charge in [0.05, 0.1) is 0 Å². The fraction of sp³-hybridized carbons (Fsp3) is 1.00. The Labute approximate surface area is 81.9 Å². The van der Waals surface area contributed by atoms with Crippen molar-refractivity contribution < 1.29 is 5.11 Å². The van der Waals surface area contributed by atoms with E-state index < -0.39 is 0 Å². The standard InChI is InChI=1S/C11H23NO/c1-4-10(5-6-13)7-12-8-11(2,3)9-12/h10,13H,4-9H2,1-3H3. The van der Waals surface area contributed by atoms with Crippen LogP contribution in [0.3, 0.4) is 0 Å².